The van der Waals surface area contributed by atoms with Crippen LogP contribution in [-0.2, 0) is 4.79 Å². The first kappa shape index (κ1) is 17.5. The minimum atomic E-state index is -0.583. The van der Waals surface area contributed by atoms with Gasteiger partial charge in [-0.15, -0.1) is 0 Å². The van der Waals surface area contributed by atoms with E-state index in [0.29, 0.717) is 17.9 Å². The highest BCUT2D eigenvalue weighted by molar-refractivity contribution is 5.97. The van der Waals surface area contributed by atoms with Gasteiger partial charge in [-0.05, 0) is 24.1 Å². The molecule has 1 unspecified atom stereocenters. The van der Waals surface area contributed by atoms with E-state index in [-0.39, 0.29) is 18.4 Å². The summed E-state index contributed by atoms with van der Waals surface area (Å²) in [7, 11) is 0. The molecule has 0 bridgehead atoms. The zero-order valence-electron chi connectivity index (χ0n) is 13.7. The molecule has 0 spiro atoms. The molecule has 0 aliphatic heterocycles. The van der Waals surface area contributed by atoms with Crippen molar-refractivity contribution in [2.45, 2.75) is 19.3 Å². The van der Waals surface area contributed by atoms with Crippen LogP contribution in [0.3, 0.4) is 0 Å². The number of amides is 2. The van der Waals surface area contributed by atoms with Crippen LogP contribution in [0.1, 0.15) is 35.2 Å². The fourth-order valence-corrected chi connectivity index (χ4v) is 2.46. The van der Waals surface area contributed by atoms with Crippen LogP contribution in [0.2, 0.25) is 0 Å². The van der Waals surface area contributed by atoms with Crippen LogP contribution in [0.25, 0.3) is 0 Å². The highest BCUT2D eigenvalue weighted by Gasteiger charge is 2.15. The molecule has 5 nitrogen and oxygen atoms in total. The van der Waals surface area contributed by atoms with Gasteiger partial charge in [0.1, 0.15) is 5.75 Å². The lowest BCUT2D eigenvalue weighted by molar-refractivity contribution is -0.119. The molecule has 0 aliphatic rings. The third-order valence-electron chi connectivity index (χ3n) is 3.77. The summed E-state index contributed by atoms with van der Waals surface area (Å²) in [4.78, 5) is 23.3. The van der Waals surface area contributed by atoms with E-state index in [1.807, 2.05) is 18.2 Å². The number of hydrogen-bond acceptors (Lipinski definition) is 3. The summed E-state index contributed by atoms with van der Waals surface area (Å²) in [6.45, 7) is 2.36. The van der Waals surface area contributed by atoms with Gasteiger partial charge >= 0.3 is 0 Å². The Morgan fingerprint density at radius 3 is 2.42 bits per heavy atom. The molecule has 0 fully saturated rings. The Morgan fingerprint density at radius 1 is 1.08 bits per heavy atom. The normalized spacial score (nSPS) is 11.5. The van der Waals surface area contributed by atoms with Crippen molar-refractivity contribution >= 4 is 11.8 Å². The third-order valence-corrected chi connectivity index (χ3v) is 3.77. The van der Waals surface area contributed by atoms with Crippen LogP contribution in [0, 0.1) is 0 Å². The van der Waals surface area contributed by atoms with Gasteiger partial charge in [-0.25, -0.2) is 0 Å². The lowest BCUT2D eigenvalue weighted by atomic mass is 9.96. The van der Waals surface area contributed by atoms with Crippen molar-refractivity contribution in [1.82, 2.24) is 5.32 Å². The summed E-state index contributed by atoms with van der Waals surface area (Å²) in [5, 5.41) is 2.94. The first-order chi connectivity index (χ1) is 11.6. The van der Waals surface area contributed by atoms with Crippen LogP contribution in [-0.4, -0.2) is 25.0 Å². The third kappa shape index (κ3) is 4.84. The quantitative estimate of drug-likeness (QED) is 0.782. The summed E-state index contributed by atoms with van der Waals surface area (Å²) in [5.74, 6) is -0.222. The van der Waals surface area contributed by atoms with Crippen molar-refractivity contribution in [3.8, 4) is 5.75 Å². The number of hydrogen-bond donors (Lipinski definition) is 2. The highest BCUT2D eigenvalue weighted by atomic mass is 16.5. The minimum Gasteiger partial charge on any atom is -0.483 e. The fraction of sp³-hybridized carbons (Fsp3) is 0.263. The molecule has 0 saturated carbocycles. The van der Waals surface area contributed by atoms with Crippen molar-refractivity contribution in [3.63, 3.8) is 0 Å². The molecule has 2 aromatic carbocycles. The number of primary amides is 1. The fourth-order valence-electron chi connectivity index (χ4n) is 2.46. The van der Waals surface area contributed by atoms with E-state index in [4.69, 9.17) is 10.5 Å². The molecule has 2 amide bonds. The van der Waals surface area contributed by atoms with Crippen molar-refractivity contribution in [2.24, 2.45) is 5.73 Å². The van der Waals surface area contributed by atoms with Crippen molar-refractivity contribution in [2.75, 3.05) is 13.2 Å². The smallest absolute Gasteiger partial charge is 0.255 e. The Hall–Kier alpha value is -2.82. The van der Waals surface area contributed by atoms with Gasteiger partial charge in [0, 0.05) is 12.5 Å². The van der Waals surface area contributed by atoms with E-state index >= 15 is 0 Å². The molecule has 24 heavy (non-hydrogen) atoms. The van der Waals surface area contributed by atoms with E-state index in [1.165, 1.54) is 5.56 Å². The number of nitrogens with two attached hydrogens (primary N) is 1. The van der Waals surface area contributed by atoms with Gasteiger partial charge in [-0.3, -0.25) is 9.59 Å². The maximum Gasteiger partial charge on any atom is 0.255 e. The Kier molecular flexibility index (Phi) is 6.37. The SMILES string of the molecule is CCC(CNC(=O)c1ccccc1OCC(N)=O)c1ccccc1. The Morgan fingerprint density at radius 2 is 1.75 bits per heavy atom. The average molecular weight is 326 g/mol. The molecule has 126 valence electrons. The summed E-state index contributed by atoms with van der Waals surface area (Å²) in [5.41, 5.74) is 6.67. The number of carbonyl (C=O) groups is 2. The summed E-state index contributed by atoms with van der Waals surface area (Å²) < 4.78 is 5.30. The predicted molar refractivity (Wildman–Crippen MR) is 92.9 cm³/mol. The maximum atomic E-state index is 12.5. The van der Waals surface area contributed by atoms with Crippen LogP contribution in [0.15, 0.2) is 54.6 Å². The first-order valence-electron chi connectivity index (χ1n) is 7.95. The van der Waals surface area contributed by atoms with E-state index in [9.17, 15) is 9.59 Å². The second-order valence-corrected chi connectivity index (χ2v) is 5.48. The molecule has 0 saturated heterocycles. The molecule has 0 aromatic heterocycles. The molecule has 5 heteroatoms. The van der Waals surface area contributed by atoms with Gasteiger partial charge in [-0.1, -0.05) is 49.4 Å². The van der Waals surface area contributed by atoms with Gasteiger partial charge in [0.25, 0.3) is 11.8 Å². The molecule has 3 N–H and O–H groups in total. The first-order valence-corrected chi connectivity index (χ1v) is 7.95. The van der Waals surface area contributed by atoms with Crippen LogP contribution in [0.4, 0.5) is 0 Å². The molecule has 1 atom stereocenters. The van der Waals surface area contributed by atoms with E-state index in [1.54, 1.807) is 24.3 Å². The van der Waals surface area contributed by atoms with Gasteiger partial charge in [0.05, 0.1) is 5.56 Å². The average Bonchev–Trinajstić information content (AvgIpc) is 2.61. The van der Waals surface area contributed by atoms with Gasteiger partial charge < -0.3 is 15.8 Å². The van der Waals surface area contributed by atoms with Crippen LogP contribution in [0.5, 0.6) is 5.75 Å². The van der Waals surface area contributed by atoms with Crippen LogP contribution < -0.4 is 15.8 Å². The number of carbonyl (C=O) groups excluding carboxylic acids is 2. The zero-order chi connectivity index (χ0) is 17.4. The monoisotopic (exact) mass is 326 g/mol. The molecule has 0 aliphatic carbocycles. The molecular formula is C19H22N2O3. The predicted octanol–water partition coefficient (Wildman–Crippen LogP) is 2.47. The lowest BCUT2D eigenvalue weighted by Gasteiger charge is -2.17. The Bertz CT molecular complexity index is 686. The van der Waals surface area contributed by atoms with Gasteiger partial charge in [-0.2, -0.15) is 0 Å². The number of para-hydroxylation sites is 1. The molecule has 2 rings (SSSR count). The van der Waals surface area contributed by atoms with Crippen molar-refractivity contribution in [1.29, 1.82) is 0 Å². The topological polar surface area (TPSA) is 81.4 Å². The van der Waals surface area contributed by atoms with E-state index < -0.39 is 5.91 Å². The van der Waals surface area contributed by atoms with Crippen LogP contribution >= 0.6 is 0 Å². The van der Waals surface area contributed by atoms with Crippen molar-refractivity contribution < 1.29 is 14.3 Å². The van der Waals surface area contributed by atoms with Gasteiger partial charge in [0.15, 0.2) is 6.61 Å². The Labute approximate surface area is 141 Å². The second-order valence-electron chi connectivity index (χ2n) is 5.48. The van der Waals surface area contributed by atoms with E-state index in [2.05, 4.69) is 24.4 Å². The number of benzene rings is 2. The number of nitrogens with one attached hydrogen (secondary N) is 1. The van der Waals surface area contributed by atoms with E-state index in [0.717, 1.165) is 6.42 Å². The molecule has 0 heterocycles. The van der Waals surface area contributed by atoms with Crippen molar-refractivity contribution in [3.05, 3.63) is 65.7 Å². The molecule has 0 radical (unpaired) electrons. The Balaban J connectivity index is 2.03. The lowest BCUT2D eigenvalue weighted by Crippen LogP contribution is -2.29. The molecular weight excluding hydrogens is 304 g/mol. The number of rotatable bonds is 8. The summed E-state index contributed by atoms with van der Waals surface area (Å²) >= 11 is 0. The molecule has 2 aromatic rings. The number of ether oxygens (including phenoxy) is 1. The highest BCUT2D eigenvalue weighted by Crippen LogP contribution is 2.20. The minimum absolute atomic E-state index is 0.232. The largest absolute Gasteiger partial charge is 0.483 e. The van der Waals surface area contributed by atoms with Gasteiger partial charge in [0.2, 0.25) is 0 Å². The summed E-state index contributed by atoms with van der Waals surface area (Å²) in [6.07, 6.45) is 0.921. The maximum absolute atomic E-state index is 12.5. The standard InChI is InChI=1S/C19H22N2O3/c1-2-14(15-8-4-3-5-9-15)12-21-19(23)16-10-6-7-11-17(16)24-13-18(20)22/h3-11,14H,2,12-13H2,1H3,(H2,20,22)(H,21,23). The second kappa shape index (κ2) is 8.72. The summed E-state index contributed by atoms with van der Waals surface area (Å²) in [6, 6.07) is 16.9. The zero-order valence-corrected chi connectivity index (χ0v) is 13.7.